The van der Waals surface area contributed by atoms with Crippen LogP contribution in [0.4, 0.5) is 4.79 Å². The minimum Gasteiger partial charge on any atom is -0.497 e. The van der Waals surface area contributed by atoms with Gasteiger partial charge in [0.15, 0.2) is 0 Å². The molecule has 0 saturated heterocycles. The number of aromatic nitrogens is 1. The van der Waals surface area contributed by atoms with E-state index >= 15 is 0 Å². The van der Waals surface area contributed by atoms with Gasteiger partial charge in [0.2, 0.25) is 5.88 Å². The number of carbonyl (C=O) groups excluding carboxylic acids is 3. The summed E-state index contributed by atoms with van der Waals surface area (Å²) >= 11 is 0. The lowest BCUT2D eigenvalue weighted by Crippen LogP contribution is -2.47. The summed E-state index contributed by atoms with van der Waals surface area (Å²) in [5, 5.41) is 5.25. The molecule has 1 aromatic heterocycles. The van der Waals surface area contributed by atoms with Crippen molar-refractivity contribution in [2.24, 2.45) is 0 Å². The lowest BCUT2D eigenvalue weighted by atomic mass is 9.95. The Morgan fingerprint density at radius 1 is 1.03 bits per heavy atom. The van der Waals surface area contributed by atoms with Crippen molar-refractivity contribution in [3.63, 3.8) is 0 Å². The van der Waals surface area contributed by atoms with Crippen LogP contribution < -0.4 is 20.1 Å². The molecule has 2 heterocycles. The van der Waals surface area contributed by atoms with Gasteiger partial charge in [0.25, 0.3) is 0 Å². The molecular weight excluding hydrogens is 418 g/mol. The van der Waals surface area contributed by atoms with Crippen molar-refractivity contribution >= 4 is 18.0 Å². The first-order valence-electron chi connectivity index (χ1n) is 9.76. The molecular formula is C22H23N3O7. The number of ether oxygens (including phenoxy) is 4. The van der Waals surface area contributed by atoms with E-state index in [0.717, 1.165) is 0 Å². The molecule has 2 N–H and O–H groups in total. The van der Waals surface area contributed by atoms with Crippen LogP contribution in [0.5, 0.6) is 11.6 Å². The average Bonchev–Trinajstić information content (AvgIpc) is 2.82. The molecule has 32 heavy (non-hydrogen) atoms. The highest BCUT2D eigenvalue weighted by Crippen LogP contribution is 2.29. The molecule has 10 nitrogen and oxygen atoms in total. The summed E-state index contributed by atoms with van der Waals surface area (Å²) in [5.74, 6) is -0.650. The summed E-state index contributed by atoms with van der Waals surface area (Å²) in [6, 6.07) is 8.56. The van der Waals surface area contributed by atoms with Crippen LogP contribution in [0.3, 0.4) is 0 Å². The van der Waals surface area contributed by atoms with Crippen LogP contribution in [-0.2, 0) is 14.3 Å². The van der Waals surface area contributed by atoms with Crippen molar-refractivity contribution in [3.8, 4) is 11.6 Å². The van der Waals surface area contributed by atoms with Crippen LogP contribution in [0, 0.1) is 0 Å². The van der Waals surface area contributed by atoms with Crippen LogP contribution in [0.2, 0.25) is 0 Å². The summed E-state index contributed by atoms with van der Waals surface area (Å²) in [6.07, 6.45) is 1.48. The van der Waals surface area contributed by atoms with Gasteiger partial charge in [-0.1, -0.05) is 12.1 Å². The van der Waals surface area contributed by atoms with Gasteiger partial charge in [-0.15, -0.1) is 0 Å². The number of carbonyl (C=O) groups is 3. The van der Waals surface area contributed by atoms with Crippen LogP contribution in [0.25, 0.3) is 0 Å². The molecule has 2 aromatic rings. The molecule has 0 aliphatic carbocycles. The van der Waals surface area contributed by atoms with E-state index in [0.29, 0.717) is 11.3 Å². The van der Waals surface area contributed by atoms with Crippen LogP contribution >= 0.6 is 0 Å². The van der Waals surface area contributed by atoms with Crippen molar-refractivity contribution < 1.29 is 33.3 Å². The van der Waals surface area contributed by atoms with Gasteiger partial charge in [0.1, 0.15) is 17.9 Å². The second kappa shape index (κ2) is 10.3. The fourth-order valence-electron chi connectivity index (χ4n) is 3.15. The molecule has 0 bridgehead atoms. The maximum atomic E-state index is 12.8. The first-order chi connectivity index (χ1) is 15.5. The smallest absolute Gasteiger partial charge is 0.344 e. The maximum absolute atomic E-state index is 12.8. The SMILES string of the molecule is CCOC(=O)C1=C(COC(=O)c2cccnc2OC)NC(=O)NC1c1ccc(OC)cc1. The number of hydrogen-bond donors (Lipinski definition) is 2. The lowest BCUT2D eigenvalue weighted by Gasteiger charge is -2.29. The third-order valence-corrected chi connectivity index (χ3v) is 4.63. The topological polar surface area (TPSA) is 125 Å². The second-order valence-corrected chi connectivity index (χ2v) is 6.55. The lowest BCUT2D eigenvalue weighted by molar-refractivity contribution is -0.139. The largest absolute Gasteiger partial charge is 0.497 e. The van der Waals surface area contributed by atoms with Gasteiger partial charge in [0, 0.05) is 6.20 Å². The maximum Gasteiger partial charge on any atom is 0.344 e. The Bertz CT molecular complexity index is 1030. The number of amides is 2. The van der Waals surface area contributed by atoms with Crippen molar-refractivity contribution in [2.45, 2.75) is 13.0 Å². The molecule has 1 aromatic carbocycles. The number of hydrogen-bond acceptors (Lipinski definition) is 8. The Labute approximate surface area is 184 Å². The summed E-state index contributed by atoms with van der Waals surface area (Å²) < 4.78 is 20.8. The number of nitrogens with one attached hydrogen (secondary N) is 2. The van der Waals surface area contributed by atoms with E-state index in [-0.39, 0.29) is 35.9 Å². The first-order valence-corrected chi connectivity index (χ1v) is 9.76. The van der Waals surface area contributed by atoms with E-state index in [1.165, 1.54) is 26.5 Å². The summed E-state index contributed by atoms with van der Waals surface area (Å²) in [6.45, 7) is 1.43. The number of rotatable bonds is 8. The van der Waals surface area contributed by atoms with Crippen molar-refractivity contribution in [2.75, 3.05) is 27.4 Å². The minimum absolute atomic E-state index is 0.0996. The van der Waals surface area contributed by atoms with Crippen molar-refractivity contribution in [1.82, 2.24) is 15.6 Å². The number of urea groups is 1. The van der Waals surface area contributed by atoms with Gasteiger partial charge in [-0.05, 0) is 36.8 Å². The predicted molar refractivity (Wildman–Crippen MR) is 112 cm³/mol. The van der Waals surface area contributed by atoms with Gasteiger partial charge < -0.3 is 29.6 Å². The quantitative estimate of drug-likeness (QED) is 0.597. The molecule has 0 fully saturated rings. The molecule has 1 unspecified atom stereocenters. The van der Waals surface area contributed by atoms with Crippen LogP contribution in [0.15, 0.2) is 53.9 Å². The minimum atomic E-state index is -0.810. The number of pyridine rings is 1. The number of nitrogens with zero attached hydrogens (tertiary/aromatic N) is 1. The fraction of sp³-hybridized carbons (Fsp3) is 0.273. The molecule has 0 spiro atoms. The molecule has 168 valence electrons. The monoisotopic (exact) mass is 441 g/mol. The summed E-state index contributed by atoms with van der Waals surface area (Å²) in [7, 11) is 2.92. The van der Waals surface area contributed by atoms with Gasteiger partial charge >= 0.3 is 18.0 Å². The average molecular weight is 441 g/mol. The number of benzene rings is 1. The van der Waals surface area contributed by atoms with E-state index in [1.54, 1.807) is 37.3 Å². The molecule has 0 saturated carbocycles. The Balaban J connectivity index is 1.93. The van der Waals surface area contributed by atoms with Gasteiger partial charge in [-0.3, -0.25) is 0 Å². The fourth-order valence-corrected chi connectivity index (χ4v) is 3.15. The Morgan fingerprint density at radius 2 is 1.78 bits per heavy atom. The van der Waals surface area contributed by atoms with E-state index in [4.69, 9.17) is 18.9 Å². The van der Waals surface area contributed by atoms with Gasteiger partial charge in [-0.2, -0.15) is 0 Å². The van der Waals surface area contributed by atoms with Gasteiger partial charge in [0.05, 0.1) is 38.1 Å². The van der Waals surface area contributed by atoms with E-state index in [2.05, 4.69) is 15.6 Å². The highest BCUT2D eigenvalue weighted by Gasteiger charge is 2.34. The highest BCUT2D eigenvalue weighted by molar-refractivity contribution is 5.96. The van der Waals surface area contributed by atoms with E-state index < -0.39 is 24.0 Å². The third-order valence-electron chi connectivity index (χ3n) is 4.63. The zero-order valence-corrected chi connectivity index (χ0v) is 17.8. The normalized spacial score (nSPS) is 15.3. The zero-order chi connectivity index (χ0) is 23.1. The third kappa shape index (κ3) is 4.97. The highest BCUT2D eigenvalue weighted by atomic mass is 16.5. The molecule has 1 aliphatic rings. The van der Waals surface area contributed by atoms with Crippen molar-refractivity contribution in [1.29, 1.82) is 0 Å². The first kappa shape index (κ1) is 22.6. The van der Waals surface area contributed by atoms with E-state index in [9.17, 15) is 14.4 Å². The zero-order valence-electron chi connectivity index (χ0n) is 17.8. The Kier molecular flexibility index (Phi) is 7.27. The van der Waals surface area contributed by atoms with Crippen LogP contribution in [-0.4, -0.2) is 50.4 Å². The number of methoxy groups -OCH3 is 2. The summed E-state index contributed by atoms with van der Waals surface area (Å²) in [4.78, 5) is 41.6. The van der Waals surface area contributed by atoms with E-state index in [1.807, 2.05) is 0 Å². The molecule has 3 rings (SSSR count). The Hall–Kier alpha value is -4.08. The van der Waals surface area contributed by atoms with Gasteiger partial charge in [-0.25, -0.2) is 19.4 Å². The molecule has 0 radical (unpaired) electrons. The molecule has 2 amide bonds. The summed E-state index contributed by atoms with van der Waals surface area (Å²) in [5.41, 5.74) is 0.980. The predicted octanol–water partition coefficient (Wildman–Crippen LogP) is 2.13. The molecule has 10 heteroatoms. The molecule has 1 atom stereocenters. The Morgan fingerprint density at radius 3 is 2.44 bits per heavy atom. The van der Waals surface area contributed by atoms with Crippen molar-refractivity contribution in [3.05, 3.63) is 65.0 Å². The van der Waals surface area contributed by atoms with Crippen LogP contribution in [0.1, 0.15) is 28.9 Å². The molecule has 1 aliphatic heterocycles. The standard InChI is InChI=1S/C22H23N3O7/c1-4-31-21(27)17-16(12-32-20(26)15-6-5-11-23-19(15)30-3)24-22(28)25-18(17)13-7-9-14(29-2)10-8-13/h5-11,18H,4,12H2,1-3H3,(H2,24,25,28). The number of esters is 2. The second-order valence-electron chi connectivity index (χ2n) is 6.55.